The standard InChI is InChI=1S/C17H16ClN3/c18-13-4-2-12(3-5-13)17-20-15-9-11(10-19)1-8-16(15)21(17)14-6-7-14/h1-5,8-9,14H,6-7,10,19H2. The maximum atomic E-state index is 5.99. The fraction of sp³-hybridized carbons (Fsp3) is 0.235. The first-order valence-corrected chi connectivity index (χ1v) is 7.61. The van der Waals surface area contributed by atoms with E-state index >= 15 is 0 Å². The van der Waals surface area contributed by atoms with Gasteiger partial charge >= 0.3 is 0 Å². The second-order valence-corrected chi connectivity index (χ2v) is 6.01. The fourth-order valence-corrected chi connectivity index (χ4v) is 2.90. The van der Waals surface area contributed by atoms with E-state index in [0.717, 1.165) is 27.5 Å². The Labute approximate surface area is 128 Å². The van der Waals surface area contributed by atoms with Crippen molar-refractivity contribution in [2.45, 2.75) is 25.4 Å². The zero-order chi connectivity index (χ0) is 14.4. The van der Waals surface area contributed by atoms with Crippen LogP contribution in [0.15, 0.2) is 42.5 Å². The molecule has 4 heteroatoms. The van der Waals surface area contributed by atoms with E-state index < -0.39 is 0 Å². The van der Waals surface area contributed by atoms with Gasteiger partial charge in [-0.15, -0.1) is 0 Å². The second kappa shape index (κ2) is 4.86. The number of benzene rings is 2. The summed E-state index contributed by atoms with van der Waals surface area (Å²) in [5, 5.41) is 0.748. The van der Waals surface area contributed by atoms with Crippen LogP contribution >= 0.6 is 11.6 Å². The molecule has 1 aliphatic rings. The van der Waals surface area contributed by atoms with Crippen molar-refractivity contribution in [1.29, 1.82) is 0 Å². The van der Waals surface area contributed by atoms with Gasteiger partial charge in [-0.2, -0.15) is 0 Å². The van der Waals surface area contributed by atoms with Crippen molar-refractivity contribution in [2.75, 3.05) is 0 Å². The smallest absolute Gasteiger partial charge is 0.141 e. The Balaban J connectivity index is 1.94. The van der Waals surface area contributed by atoms with Crippen molar-refractivity contribution < 1.29 is 0 Å². The molecule has 1 heterocycles. The van der Waals surface area contributed by atoms with Gasteiger partial charge in [0.25, 0.3) is 0 Å². The summed E-state index contributed by atoms with van der Waals surface area (Å²) in [7, 11) is 0. The summed E-state index contributed by atoms with van der Waals surface area (Å²) in [6, 6.07) is 14.8. The Morgan fingerprint density at radius 1 is 1.14 bits per heavy atom. The van der Waals surface area contributed by atoms with Gasteiger partial charge < -0.3 is 10.3 Å². The minimum absolute atomic E-state index is 0.544. The Morgan fingerprint density at radius 3 is 2.57 bits per heavy atom. The molecule has 2 aromatic carbocycles. The summed E-state index contributed by atoms with van der Waals surface area (Å²) in [5.41, 5.74) is 10.2. The van der Waals surface area contributed by atoms with Crippen LogP contribution in [-0.4, -0.2) is 9.55 Å². The van der Waals surface area contributed by atoms with E-state index in [4.69, 9.17) is 22.3 Å². The summed E-state index contributed by atoms with van der Waals surface area (Å²) in [6.45, 7) is 0.544. The maximum Gasteiger partial charge on any atom is 0.141 e. The molecular weight excluding hydrogens is 282 g/mol. The summed E-state index contributed by atoms with van der Waals surface area (Å²) in [6.07, 6.45) is 2.45. The minimum atomic E-state index is 0.544. The molecule has 1 aliphatic carbocycles. The zero-order valence-electron chi connectivity index (χ0n) is 11.6. The molecule has 3 nitrogen and oxygen atoms in total. The quantitative estimate of drug-likeness (QED) is 0.789. The largest absolute Gasteiger partial charge is 0.326 e. The van der Waals surface area contributed by atoms with Crippen LogP contribution in [-0.2, 0) is 6.54 Å². The van der Waals surface area contributed by atoms with Crippen LogP contribution in [0.3, 0.4) is 0 Å². The highest BCUT2D eigenvalue weighted by Crippen LogP contribution is 2.41. The van der Waals surface area contributed by atoms with Gasteiger partial charge in [0.2, 0.25) is 0 Å². The van der Waals surface area contributed by atoms with Crippen LogP contribution in [0.4, 0.5) is 0 Å². The third-order valence-electron chi connectivity index (χ3n) is 4.00. The first-order chi connectivity index (χ1) is 10.3. The van der Waals surface area contributed by atoms with Crippen molar-refractivity contribution in [3.63, 3.8) is 0 Å². The number of rotatable bonds is 3. The van der Waals surface area contributed by atoms with Crippen LogP contribution in [0, 0.1) is 0 Å². The number of imidazole rings is 1. The molecule has 4 rings (SSSR count). The summed E-state index contributed by atoms with van der Waals surface area (Å²) >= 11 is 5.99. The van der Waals surface area contributed by atoms with E-state index in [1.54, 1.807) is 0 Å². The van der Waals surface area contributed by atoms with E-state index in [-0.39, 0.29) is 0 Å². The first-order valence-electron chi connectivity index (χ1n) is 7.23. The lowest BCUT2D eigenvalue weighted by Crippen LogP contribution is -1.98. The van der Waals surface area contributed by atoms with E-state index in [0.29, 0.717) is 12.6 Å². The topological polar surface area (TPSA) is 43.8 Å². The lowest BCUT2D eigenvalue weighted by Gasteiger charge is -2.08. The number of hydrogen-bond acceptors (Lipinski definition) is 2. The average Bonchev–Trinajstić information content (AvgIpc) is 3.27. The molecular formula is C17H16ClN3. The third-order valence-corrected chi connectivity index (χ3v) is 4.26. The molecule has 3 aromatic rings. The molecule has 0 radical (unpaired) electrons. The van der Waals surface area contributed by atoms with Crippen molar-refractivity contribution in [3.05, 3.63) is 53.1 Å². The van der Waals surface area contributed by atoms with E-state index in [1.165, 1.54) is 18.4 Å². The molecule has 1 fully saturated rings. The van der Waals surface area contributed by atoms with Gasteiger partial charge in [-0.1, -0.05) is 17.7 Å². The molecule has 1 saturated carbocycles. The van der Waals surface area contributed by atoms with Gasteiger partial charge in [-0.05, 0) is 54.8 Å². The van der Waals surface area contributed by atoms with Crippen molar-refractivity contribution in [2.24, 2.45) is 5.73 Å². The zero-order valence-corrected chi connectivity index (χ0v) is 12.3. The monoisotopic (exact) mass is 297 g/mol. The molecule has 1 aromatic heterocycles. The van der Waals surface area contributed by atoms with Gasteiger partial charge in [0, 0.05) is 23.2 Å². The summed E-state index contributed by atoms with van der Waals surface area (Å²) in [5.74, 6) is 1.03. The number of halogens is 1. The Morgan fingerprint density at radius 2 is 1.90 bits per heavy atom. The predicted octanol–water partition coefficient (Wildman–Crippen LogP) is 4.15. The summed E-state index contributed by atoms with van der Waals surface area (Å²) in [4.78, 5) is 4.85. The van der Waals surface area contributed by atoms with Crippen molar-refractivity contribution in [3.8, 4) is 11.4 Å². The molecule has 2 N–H and O–H groups in total. The van der Waals surface area contributed by atoms with Gasteiger partial charge in [0.05, 0.1) is 11.0 Å². The third kappa shape index (κ3) is 2.23. The average molecular weight is 298 g/mol. The molecule has 0 saturated heterocycles. The van der Waals surface area contributed by atoms with E-state index in [9.17, 15) is 0 Å². The highest BCUT2D eigenvalue weighted by molar-refractivity contribution is 6.30. The molecule has 0 bridgehead atoms. The molecule has 0 aliphatic heterocycles. The lowest BCUT2D eigenvalue weighted by molar-refractivity contribution is 0.775. The minimum Gasteiger partial charge on any atom is -0.326 e. The van der Waals surface area contributed by atoms with Crippen LogP contribution in [0.1, 0.15) is 24.4 Å². The van der Waals surface area contributed by atoms with Crippen molar-refractivity contribution in [1.82, 2.24) is 9.55 Å². The van der Waals surface area contributed by atoms with E-state index in [2.05, 4.69) is 22.8 Å². The number of aromatic nitrogens is 2. The molecule has 106 valence electrons. The van der Waals surface area contributed by atoms with Crippen LogP contribution in [0.2, 0.25) is 5.02 Å². The van der Waals surface area contributed by atoms with E-state index in [1.807, 2.05) is 24.3 Å². The fourth-order valence-electron chi connectivity index (χ4n) is 2.78. The van der Waals surface area contributed by atoms with Crippen molar-refractivity contribution >= 4 is 22.6 Å². The molecule has 21 heavy (non-hydrogen) atoms. The van der Waals surface area contributed by atoms with Crippen LogP contribution < -0.4 is 5.73 Å². The number of nitrogens with two attached hydrogens (primary N) is 1. The predicted molar refractivity (Wildman–Crippen MR) is 86.3 cm³/mol. The second-order valence-electron chi connectivity index (χ2n) is 5.57. The maximum absolute atomic E-state index is 5.99. The normalized spacial score (nSPS) is 14.8. The van der Waals surface area contributed by atoms with Gasteiger partial charge in [0.1, 0.15) is 5.82 Å². The van der Waals surface area contributed by atoms with Gasteiger partial charge in [-0.3, -0.25) is 0 Å². The molecule has 0 unspecified atom stereocenters. The highest BCUT2D eigenvalue weighted by atomic mass is 35.5. The summed E-state index contributed by atoms with van der Waals surface area (Å²) < 4.78 is 2.36. The Kier molecular flexibility index (Phi) is 2.98. The lowest BCUT2D eigenvalue weighted by atomic mass is 10.2. The SMILES string of the molecule is NCc1ccc2c(c1)nc(-c1ccc(Cl)cc1)n2C1CC1. The van der Waals surface area contributed by atoms with Crippen LogP contribution in [0.5, 0.6) is 0 Å². The molecule has 0 amide bonds. The highest BCUT2D eigenvalue weighted by Gasteiger charge is 2.28. The Hall–Kier alpha value is -1.84. The van der Waals surface area contributed by atoms with Gasteiger partial charge in [-0.25, -0.2) is 4.98 Å². The van der Waals surface area contributed by atoms with Gasteiger partial charge in [0.15, 0.2) is 0 Å². The molecule has 0 spiro atoms. The first kappa shape index (κ1) is 12.9. The number of hydrogen-bond donors (Lipinski definition) is 1. The Bertz CT molecular complexity index is 801. The number of nitrogens with zero attached hydrogens (tertiary/aromatic N) is 2. The molecule has 0 atom stereocenters. The number of fused-ring (bicyclic) bond motifs is 1. The van der Waals surface area contributed by atoms with Crippen LogP contribution in [0.25, 0.3) is 22.4 Å².